The number of hydrogen-bond donors (Lipinski definition) is 1. The standard InChI is InChI=1S/C15H26N2O2S2/c1-5-11(2)10-17(4)21(18,19)15-8-12(3)14(20-15)9-16-13-6-7-13/h8,11,13,16H,5-7,9-10H2,1-4H3. The summed E-state index contributed by atoms with van der Waals surface area (Å²) in [6.07, 6.45) is 3.47. The summed E-state index contributed by atoms with van der Waals surface area (Å²) in [4.78, 5) is 1.14. The van der Waals surface area contributed by atoms with E-state index in [4.69, 9.17) is 0 Å². The van der Waals surface area contributed by atoms with Gasteiger partial charge >= 0.3 is 0 Å². The van der Waals surface area contributed by atoms with Crippen molar-refractivity contribution in [2.24, 2.45) is 5.92 Å². The highest BCUT2D eigenvalue weighted by atomic mass is 32.2. The second-order valence-electron chi connectivity index (χ2n) is 6.13. The SMILES string of the molecule is CCC(C)CN(C)S(=O)(=O)c1cc(C)c(CNC2CC2)s1. The normalized spacial score (nSPS) is 17.4. The maximum atomic E-state index is 12.6. The van der Waals surface area contributed by atoms with Crippen molar-refractivity contribution in [1.29, 1.82) is 0 Å². The Bertz CT molecular complexity index is 576. The van der Waals surface area contributed by atoms with Gasteiger partial charge in [0, 0.05) is 31.1 Å². The zero-order valence-corrected chi connectivity index (χ0v) is 15.0. The molecule has 4 nitrogen and oxygen atoms in total. The van der Waals surface area contributed by atoms with Crippen LogP contribution in [0.5, 0.6) is 0 Å². The molecule has 0 aromatic carbocycles. The second-order valence-corrected chi connectivity index (χ2v) is 9.53. The van der Waals surface area contributed by atoms with E-state index in [1.54, 1.807) is 7.05 Å². The smallest absolute Gasteiger partial charge is 0.252 e. The molecule has 0 bridgehead atoms. The maximum absolute atomic E-state index is 12.6. The Morgan fingerprint density at radius 2 is 2.14 bits per heavy atom. The molecule has 1 N–H and O–H groups in total. The average Bonchev–Trinajstić information content (AvgIpc) is 3.18. The molecule has 1 aliphatic rings. The lowest BCUT2D eigenvalue weighted by Crippen LogP contribution is -2.30. The van der Waals surface area contributed by atoms with Crippen molar-refractivity contribution in [2.45, 2.75) is 56.8 Å². The van der Waals surface area contributed by atoms with Crippen LogP contribution in [0.1, 0.15) is 43.6 Å². The van der Waals surface area contributed by atoms with Gasteiger partial charge in [0.25, 0.3) is 10.0 Å². The molecule has 0 aliphatic heterocycles. The molecule has 0 radical (unpaired) electrons. The first-order valence-corrected chi connectivity index (χ1v) is 9.89. The van der Waals surface area contributed by atoms with Crippen LogP contribution in [-0.2, 0) is 16.6 Å². The number of rotatable bonds is 8. The molecule has 21 heavy (non-hydrogen) atoms. The summed E-state index contributed by atoms with van der Waals surface area (Å²) in [6.45, 7) is 7.52. The molecule has 1 fully saturated rings. The molecule has 120 valence electrons. The van der Waals surface area contributed by atoms with Gasteiger partial charge in [0.05, 0.1) is 0 Å². The highest BCUT2D eigenvalue weighted by Gasteiger charge is 2.26. The van der Waals surface area contributed by atoms with Crippen molar-refractivity contribution >= 4 is 21.4 Å². The fourth-order valence-electron chi connectivity index (χ4n) is 2.14. The largest absolute Gasteiger partial charge is 0.309 e. The third-order valence-corrected chi connectivity index (χ3v) is 7.57. The Morgan fingerprint density at radius 1 is 1.48 bits per heavy atom. The van der Waals surface area contributed by atoms with Gasteiger partial charge < -0.3 is 5.32 Å². The van der Waals surface area contributed by atoms with E-state index in [0.29, 0.717) is 22.7 Å². The van der Waals surface area contributed by atoms with E-state index < -0.39 is 10.0 Å². The molecule has 2 rings (SSSR count). The molecule has 1 atom stereocenters. The van der Waals surface area contributed by atoms with Gasteiger partial charge in [-0.25, -0.2) is 8.42 Å². The minimum atomic E-state index is -3.34. The van der Waals surface area contributed by atoms with Gasteiger partial charge in [-0.05, 0) is 37.3 Å². The number of sulfonamides is 1. The van der Waals surface area contributed by atoms with Crippen LogP contribution in [0.4, 0.5) is 0 Å². The lowest BCUT2D eigenvalue weighted by atomic mass is 10.1. The topological polar surface area (TPSA) is 49.4 Å². The van der Waals surface area contributed by atoms with Crippen molar-refractivity contribution < 1.29 is 8.42 Å². The summed E-state index contributed by atoms with van der Waals surface area (Å²) in [5, 5.41) is 3.45. The summed E-state index contributed by atoms with van der Waals surface area (Å²) in [6, 6.07) is 2.46. The molecule has 6 heteroatoms. The first-order valence-electron chi connectivity index (χ1n) is 7.63. The lowest BCUT2D eigenvalue weighted by molar-refractivity contribution is 0.394. The first-order chi connectivity index (χ1) is 9.84. The van der Waals surface area contributed by atoms with Crippen LogP contribution in [0.3, 0.4) is 0 Å². The highest BCUT2D eigenvalue weighted by Crippen LogP contribution is 2.29. The van der Waals surface area contributed by atoms with Gasteiger partial charge in [0.1, 0.15) is 4.21 Å². The molecular formula is C15H26N2O2S2. The molecule has 0 amide bonds. The van der Waals surface area contributed by atoms with Crippen molar-refractivity contribution in [3.05, 3.63) is 16.5 Å². The predicted molar refractivity (Wildman–Crippen MR) is 88.2 cm³/mol. The summed E-state index contributed by atoms with van der Waals surface area (Å²) in [5.74, 6) is 0.377. The third kappa shape index (κ3) is 4.28. The van der Waals surface area contributed by atoms with Crippen molar-refractivity contribution in [3.63, 3.8) is 0 Å². The molecule has 1 aromatic heterocycles. The van der Waals surface area contributed by atoms with Crippen LogP contribution in [-0.4, -0.2) is 32.4 Å². The first kappa shape index (κ1) is 16.9. The minimum Gasteiger partial charge on any atom is -0.309 e. The molecular weight excluding hydrogens is 304 g/mol. The molecule has 1 aromatic rings. The van der Waals surface area contributed by atoms with Crippen molar-refractivity contribution in [1.82, 2.24) is 9.62 Å². The molecule has 1 saturated carbocycles. The average molecular weight is 331 g/mol. The summed E-state index contributed by atoms with van der Waals surface area (Å²) >= 11 is 1.41. The van der Waals surface area contributed by atoms with E-state index >= 15 is 0 Å². The molecule has 0 saturated heterocycles. The zero-order valence-electron chi connectivity index (χ0n) is 13.3. The number of thiophene rings is 1. The Balaban J connectivity index is 2.09. The zero-order chi connectivity index (χ0) is 15.6. The monoisotopic (exact) mass is 330 g/mol. The van der Waals surface area contributed by atoms with E-state index in [-0.39, 0.29) is 0 Å². The predicted octanol–water partition coefficient (Wildman–Crippen LogP) is 2.98. The molecule has 1 aliphatic carbocycles. The van der Waals surface area contributed by atoms with Crippen LogP contribution >= 0.6 is 11.3 Å². The van der Waals surface area contributed by atoms with E-state index in [9.17, 15) is 8.42 Å². The number of nitrogens with one attached hydrogen (secondary N) is 1. The van der Waals surface area contributed by atoms with E-state index in [1.807, 2.05) is 13.0 Å². The van der Waals surface area contributed by atoms with Gasteiger partial charge in [0.15, 0.2) is 0 Å². The van der Waals surface area contributed by atoms with Gasteiger partial charge in [-0.1, -0.05) is 20.3 Å². The van der Waals surface area contributed by atoms with Crippen LogP contribution in [0.2, 0.25) is 0 Å². The van der Waals surface area contributed by atoms with E-state index in [2.05, 4.69) is 19.2 Å². The number of nitrogens with zero attached hydrogens (tertiary/aromatic N) is 1. The van der Waals surface area contributed by atoms with Gasteiger partial charge in [0.2, 0.25) is 0 Å². The van der Waals surface area contributed by atoms with Gasteiger partial charge in [-0.2, -0.15) is 4.31 Å². The third-order valence-electron chi connectivity index (χ3n) is 4.06. The fourth-order valence-corrected chi connectivity index (χ4v) is 5.18. The summed E-state index contributed by atoms with van der Waals surface area (Å²) < 4.78 is 27.2. The molecule has 1 unspecified atom stereocenters. The lowest BCUT2D eigenvalue weighted by Gasteiger charge is -2.19. The number of aryl methyl sites for hydroxylation is 1. The van der Waals surface area contributed by atoms with Crippen LogP contribution in [0.15, 0.2) is 10.3 Å². The van der Waals surface area contributed by atoms with Gasteiger partial charge in [-0.3, -0.25) is 0 Å². The maximum Gasteiger partial charge on any atom is 0.252 e. The highest BCUT2D eigenvalue weighted by molar-refractivity contribution is 7.91. The van der Waals surface area contributed by atoms with Crippen LogP contribution in [0.25, 0.3) is 0 Å². The fraction of sp³-hybridized carbons (Fsp3) is 0.733. The molecule has 1 heterocycles. The Hall–Kier alpha value is -0.430. The Morgan fingerprint density at radius 3 is 2.71 bits per heavy atom. The summed E-state index contributed by atoms with van der Waals surface area (Å²) in [7, 11) is -1.67. The van der Waals surface area contributed by atoms with Crippen molar-refractivity contribution in [3.8, 4) is 0 Å². The molecule has 0 spiro atoms. The van der Waals surface area contributed by atoms with Crippen molar-refractivity contribution in [2.75, 3.05) is 13.6 Å². The minimum absolute atomic E-state index is 0.377. The number of hydrogen-bond acceptors (Lipinski definition) is 4. The van der Waals surface area contributed by atoms with Gasteiger partial charge in [-0.15, -0.1) is 11.3 Å². The van der Waals surface area contributed by atoms with E-state index in [1.165, 1.54) is 28.5 Å². The van der Waals surface area contributed by atoms with Crippen LogP contribution < -0.4 is 5.32 Å². The van der Waals surface area contributed by atoms with Crippen LogP contribution in [0, 0.1) is 12.8 Å². The Kier molecular flexibility index (Phi) is 5.46. The quantitative estimate of drug-likeness (QED) is 0.797. The Labute approximate surface area is 132 Å². The van der Waals surface area contributed by atoms with E-state index in [0.717, 1.165) is 23.4 Å². The second kappa shape index (κ2) is 6.77. The summed E-state index contributed by atoms with van der Waals surface area (Å²) in [5.41, 5.74) is 1.07.